The molecule has 1 atom stereocenters. The highest BCUT2D eigenvalue weighted by atomic mass is 35.5. The van der Waals surface area contributed by atoms with Gasteiger partial charge in [0, 0.05) is 25.1 Å². The standard InChI is InChI=1S/C17H14ClF4NO2/c18-14-6-10(4-5-15(14)19)16(11-8-23-9-11)24-12-2-1-3-13(7-12)25-17(20,21)22/h1-7,11,16,23H,8-9H2. The topological polar surface area (TPSA) is 30.5 Å². The number of nitrogens with one attached hydrogen (secondary N) is 1. The van der Waals surface area contributed by atoms with E-state index in [1.54, 1.807) is 6.07 Å². The van der Waals surface area contributed by atoms with Crippen LogP contribution in [0.3, 0.4) is 0 Å². The Morgan fingerprint density at radius 3 is 2.40 bits per heavy atom. The molecule has 1 aliphatic heterocycles. The lowest BCUT2D eigenvalue weighted by molar-refractivity contribution is -0.274. The molecular weight excluding hydrogens is 362 g/mol. The number of hydrogen-bond donors (Lipinski definition) is 1. The molecule has 1 aliphatic rings. The molecule has 3 rings (SSSR count). The SMILES string of the molecule is Fc1ccc(C(Oc2cccc(OC(F)(F)F)c2)C2CNC2)cc1Cl. The van der Waals surface area contributed by atoms with Gasteiger partial charge in [-0.05, 0) is 29.8 Å². The molecular formula is C17H14ClF4NO2. The average Bonchev–Trinajstić information content (AvgIpc) is 2.46. The van der Waals surface area contributed by atoms with Gasteiger partial charge in [0.05, 0.1) is 5.02 Å². The van der Waals surface area contributed by atoms with Gasteiger partial charge in [-0.15, -0.1) is 13.2 Å². The van der Waals surface area contributed by atoms with Gasteiger partial charge in [-0.2, -0.15) is 0 Å². The Bertz CT molecular complexity index is 750. The molecule has 1 heterocycles. The first-order valence-corrected chi connectivity index (χ1v) is 7.88. The van der Waals surface area contributed by atoms with Gasteiger partial charge in [-0.3, -0.25) is 0 Å². The van der Waals surface area contributed by atoms with E-state index in [0.29, 0.717) is 18.7 Å². The molecule has 3 nitrogen and oxygen atoms in total. The Morgan fingerprint density at radius 1 is 1.08 bits per heavy atom. The summed E-state index contributed by atoms with van der Waals surface area (Å²) in [5.74, 6) is -0.600. The maximum atomic E-state index is 13.4. The van der Waals surface area contributed by atoms with Crippen molar-refractivity contribution in [2.45, 2.75) is 12.5 Å². The van der Waals surface area contributed by atoms with E-state index in [2.05, 4.69) is 10.1 Å². The third-order valence-electron chi connectivity index (χ3n) is 3.82. The van der Waals surface area contributed by atoms with Crippen LogP contribution in [-0.4, -0.2) is 19.5 Å². The largest absolute Gasteiger partial charge is 0.573 e. The lowest BCUT2D eigenvalue weighted by atomic mass is 9.91. The Labute approximate surface area is 146 Å². The molecule has 25 heavy (non-hydrogen) atoms. The summed E-state index contributed by atoms with van der Waals surface area (Å²) in [5.41, 5.74) is 0.653. The zero-order chi connectivity index (χ0) is 18.0. The van der Waals surface area contributed by atoms with Crippen LogP contribution < -0.4 is 14.8 Å². The summed E-state index contributed by atoms with van der Waals surface area (Å²) in [4.78, 5) is 0. The van der Waals surface area contributed by atoms with Crippen molar-refractivity contribution in [2.24, 2.45) is 5.92 Å². The third kappa shape index (κ3) is 4.55. The third-order valence-corrected chi connectivity index (χ3v) is 4.11. The number of hydrogen-bond acceptors (Lipinski definition) is 3. The first-order chi connectivity index (χ1) is 11.8. The highest BCUT2D eigenvalue weighted by Crippen LogP contribution is 2.34. The fraction of sp³-hybridized carbons (Fsp3) is 0.294. The summed E-state index contributed by atoms with van der Waals surface area (Å²) < 4.78 is 60.2. The molecule has 8 heteroatoms. The van der Waals surface area contributed by atoms with E-state index in [4.69, 9.17) is 16.3 Å². The van der Waals surface area contributed by atoms with Crippen molar-refractivity contribution in [1.82, 2.24) is 5.32 Å². The highest BCUT2D eigenvalue weighted by Gasteiger charge is 2.32. The van der Waals surface area contributed by atoms with Crippen molar-refractivity contribution in [1.29, 1.82) is 0 Å². The van der Waals surface area contributed by atoms with Crippen molar-refractivity contribution in [3.8, 4) is 11.5 Å². The summed E-state index contributed by atoms with van der Waals surface area (Å²) in [7, 11) is 0. The van der Waals surface area contributed by atoms with Gasteiger partial charge in [0.1, 0.15) is 23.4 Å². The number of halogens is 5. The van der Waals surface area contributed by atoms with E-state index in [9.17, 15) is 17.6 Å². The molecule has 0 aromatic heterocycles. The molecule has 2 aromatic rings. The van der Waals surface area contributed by atoms with E-state index < -0.39 is 18.3 Å². The van der Waals surface area contributed by atoms with Crippen LogP contribution in [0.15, 0.2) is 42.5 Å². The van der Waals surface area contributed by atoms with Crippen LogP contribution in [0.25, 0.3) is 0 Å². The molecule has 0 amide bonds. The highest BCUT2D eigenvalue weighted by molar-refractivity contribution is 6.30. The summed E-state index contributed by atoms with van der Waals surface area (Å²) >= 11 is 5.83. The van der Waals surface area contributed by atoms with E-state index in [1.807, 2.05) is 0 Å². The summed E-state index contributed by atoms with van der Waals surface area (Å²) in [6.07, 6.45) is -5.25. The van der Waals surface area contributed by atoms with Crippen LogP contribution >= 0.6 is 11.6 Å². The van der Waals surface area contributed by atoms with Gasteiger partial charge in [-0.1, -0.05) is 23.7 Å². The van der Waals surface area contributed by atoms with Crippen LogP contribution in [0.1, 0.15) is 11.7 Å². The van der Waals surface area contributed by atoms with E-state index in [-0.39, 0.29) is 22.4 Å². The van der Waals surface area contributed by atoms with E-state index in [0.717, 1.165) is 6.07 Å². The average molecular weight is 376 g/mol. The Balaban J connectivity index is 1.83. The molecule has 0 spiro atoms. The molecule has 1 N–H and O–H groups in total. The molecule has 1 fully saturated rings. The molecule has 0 radical (unpaired) electrons. The minimum Gasteiger partial charge on any atom is -0.485 e. The molecule has 1 saturated heterocycles. The smallest absolute Gasteiger partial charge is 0.485 e. The van der Waals surface area contributed by atoms with Crippen molar-refractivity contribution in [3.63, 3.8) is 0 Å². The van der Waals surface area contributed by atoms with Crippen LogP contribution in [-0.2, 0) is 0 Å². The molecule has 134 valence electrons. The summed E-state index contributed by atoms with van der Waals surface area (Å²) in [5, 5.41) is 3.07. The lowest BCUT2D eigenvalue weighted by Gasteiger charge is -2.35. The van der Waals surface area contributed by atoms with Gasteiger partial charge in [0.25, 0.3) is 0 Å². The van der Waals surface area contributed by atoms with Gasteiger partial charge < -0.3 is 14.8 Å². The minimum absolute atomic E-state index is 0.0347. The minimum atomic E-state index is -4.78. The molecule has 1 unspecified atom stereocenters. The van der Waals surface area contributed by atoms with Gasteiger partial charge in [0.2, 0.25) is 0 Å². The van der Waals surface area contributed by atoms with Gasteiger partial charge in [0.15, 0.2) is 0 Å². The zero-order valence-electron chi connectivity index (χ0n) is 12.8. The van der Waals surface area contributed by atoms with Crippen molar-refractivity contribution in [3.05, 3.63) is 58.9 Å². The van der Waals surface area contributed by atoms with Crippen LogP contribution in [0.2, 0.25) is 5.02 Å². The predicted octanol–water partition coefficient (Wildman–Crippen LogP) is 4.72. The van der Waals surface area contributed by atoms with Gasteiger partial charge >= 0.3 is 6.36 Å². The normalized spacial score (nSPS) is 16.2. The fourth-order valence-corrected chi connectivity index (χ4v) is 2.73. The maximum Gasteiger partial charge on any atom is 0.573 e. The zero-order valence-corrected chi connectivity index (χ0v) is 13.6. The van der Waals surface area contributed by atoms with Crippen molar-refractivity contribution < 1.29 is 27.0 Å². The summed E-state index contributed by atoms with van der Waals surface area (Å²) in [6, 6.07) is 9.56. The van der Waals surface area contributed by atoms with Crippen LogP contribution in [0, 0.1) is 11.7 Å². The lowest BCUT2D eigenvalue weighted by Crippen LogP contribution is -2.46. The van der Waals surface area contributed by atoms with Crippen LogP contribution in [0.5, 0.6) is 11.5 Å². The Morgan fingerprint density at radius 2 is 1.80 bits per heavy atom. The summed E-state index contributed by atoms with van der Waals surface area (Å²) in [6.45, 7) is 1.36. The van der Waals surface area contributed by atoms with Crippen molar-refractivity contribution in [2.75, 3.05) is 13.1 Å². The first kappa shape index (κ1) is 17.8. The molecule has 0 saturated carbocycles. The van der Waals surface area contributed by atoms with Crippen molar-refractivity contribution >= 4 is 11.6 Å². The Hall–Kier alpha value is -1.99. The van der Waals surface area contributed by atoms with Gasteiger partial charge in [-0.25, -0.2) is 4.39 Å². The monoisotopic (exact) mass is 375 g/mol. The van der Waals surface area contributed by atoms with E-state index >= 15 is 0 Å². The molecule has 0 aliphatic carbocycles. The number of alkyl halides is 3. The number of benzene rings is 2. The molecule has 0 bridgehead atoms. The predicted molar refractivity (Wildman–Crippen MR) is 84.3 cm³/mol. The fourth-order valence-electron chi connectivity index (χ4n) is 2.54. The second kappa shape index (κ2) is 7.09. The van der Waals surface area contributed by atoms with Crippen LogP contribution in [0.4, 0.5) is 17.6 Å². The van der Waals surface area contributed by atoms with E-state index in [1.165, 1.54) is 30.3 Å². The number of ether oxygens (including phenoxy) is 2. The second-order valence-electron chi connectivity index (χ2n) is 5.65. The Kier molecular flexibility index (Phi) is 5.06. The number of rotatable bonds is 5. The second-order valence-corrected chi connectivity index (χ2v) is 6.06. The molecule has 2 aromatic carbocycles. The maximum absolute atomic E-state index is 13.4. The first-order valence-electron chi connectivity index (χ1n) is 7.50. The quantitative estimate of drug-likeness (QED) is 0.767.